The molecule has 1 unspecified atom stereocenters. The van der Waals surface area contributed by atoms with Crippen LogP contribution in [0.5, 0.6) is 0 Å². The molecule has 2 N–H and O–H groups in total. The molecule has 0 bridgehead atoms. The third kappa shape index (κ3) is 2.13. The molecule has 1 heterocycles. The van der Waals surface area contributed by atoms with Gasteiger partial charge in [0.15, 0.2) is 0 Å². The van der Waals surface area contributed by atoms with Crippen molar-refractivity contribution in [3.05, 3.63) is 34.9 Å². The molecular formula is C14H20N2. The summed E-state index contributed by atoms with van der Waals surface area (Å²) < 4.78 is 0. The summed E-state index contributed by atoms with van der Waals surface area (Å²) >= 11 is 0. The highest BCUT2D eigenvalue weighted by Crippen LogP contribution is 2.23. The fourth-order valence-electron chi connectivity index (χ4n) is 2.89. The van der Waals surface area contributed by atoms with Crippen molar-refractivity contribution in [3.8, 4) is 0 Å². The van der Waals surface area contributed by atoms with Crippen LogP contribution in [-0.4, -0.2) is 25.7 Å². The number of rotatable bonds is 2. The van der Waals surface area contributed by atoms with E-state index in [-0.39, 0.29) is 0 Å². The Morgan fingerprint density at radius 1 is 1.12 bits per heavy atom. The van der Waals surface area contributed by atoms with Crippen LogP contribution >= 0.6 is 0 Å². The Balaban J connectivity index is 1.69. The highest BCUT2D eigenvalue weighted by Gasteiger charge is 2.15. The van der Waals surface area contributed by atoms with E-state index in [1.54, 1.807) is 11.1 Å². The minimum atomic E-state index is 0.619. The molecule has 1 aliphatic heterocycles. The van der Waals surface area contributed by atoms with E-state index in [9.17, 15) is 0 Å². The van der Waals surface area contributed by atoms with Crippen molar-refractivity contribution in [1.29, 1.82) is 0 Å². The van der Waals surface area contributed by atoms with E-state index in [1.165, 1.54) is 31.2 Å². The van der Waals surface area contributed by atoms with Gasteiger partial charge in [0.25, 0.3) is 0 Å². The van der Waals surface area contributed by atoms with Crippen molar-refractivity contribution in [2.24, 2.45) is 0 Å². The van der Waals surface area contributed by atoms with E-state index >= 15 is 0 Å². The number of fused-ring (bicyclic) bond motifs is 1. The Hall–Kier alpha value is -0.860. The molecule has 1 aliphatic carbocycles. The Morgan fingerprint density at radius 2 is 2.06 bits per heavy atom. The molecule has 86 valence electrons. The fourth-order valence-corrected chi connectivity index (χ4v) is 2.89. The largest absolute Gasteiger partial charge is 0.314 e. The number of aryl methyl sites for hydroxylation is 2. The zero-order valence-electron chi connectivity index (χ0n) is 9.76. The minimum absolute atomic E-state index is 0.619. The summed E-state index contributed by atoms with van der Waals surface area (Å²) in [6, 6.07) is 7.71. The van der Waals surface area contributed by atoms with Gasteiger partial charge in [-0.05, 0) is 42.4 Å². The van der Waals surface area contributed by atoms with Crippen molar-refractivity contribution >= 4 is 0 Å². The predicted molar refractivity (Wildman–Crippen MR) is 66.8 cm³/mol. The summed E-state index contributed by atoms with van der Waals surface area (Å²) in [5.74, 6) is 0. The van der Waals surface area contributed by atoms with Crippen LogP contribution in [0.4, 0.5) is 0 Å². The molecule has 1 saturated heterocycles. The Bertz CT molecular complexity index is 367. The summed E-state index contributed by atoms with van der Waals surface area (Å²) in [5.41, 5.74) is 4.68. The molecule has 0 radical (unpaired) electrons. The first-order valence-corrected chi connectivity index (χ1v) is 6.46. The van der Waals surface area contributed by atoms with Gasteiger partial charge in [-0.15, -0.1) is 0 Å². The van der Waals surface area contributed by atoms with Gasteiger partial charge in [-0.3, -0.25) is 0 Å². The summed E-state index contributed by atoms with van der Waals surface area (Å²) in [6.07, 6.45) is 5.10. The fraction of sp³-hybridized carbons (Fsp3) is 0.571. The van der Waals surface area contributed by atoms with Crippen LogP contribution in [0.1, 0.15) is 23.1 Å². The highest BCUT2D eigenvalue weighted by atomic mass is 15.0. The summed E-state index contributed by atoms with van der Waals surface area (Å²) in [6.45, 7) is 3.33. The Morgan fingerprint density at radius 3 is 2.94 bits per heavy atom. The van der Waals surface area contributed by atoms with Gasteiger partial charge in [0.2, 0.25) is 0 Å². The molecule has 1 aromatic rings. The van der Waals surface area contributed by atoms with E-state index in [4.69, 9.17) is 0 Å². The molecule has 1 fully saturated rings. The smallest absolute Gasteiger partial charge is 0.0233 e. The third-order valence-corrected chi connectivity index (χ3v) is 3.77. The van der Waals surface area contributed by atoms with Crippen LogP contribution in [0.25, 0.3) is 0 Å². The molecule has 0 aromatic heterocycles. The van der Waals surface area contributed by atoms with Crippen molar-refractivity contribution in [1.82, 2.24) is 10.6 Å². The van der Waals surface area contributed by atoms with E-state index in [0.29, 0.717) is 6.04 Å². The van der Waals surface area contributed by atoms with Crippen LogP contribution in [0.2, 0.25) is 0 Å². The lowest BCUT2D eigenvalue weighted by Gasteiger charge is -2.24. The molecule has 2 heteroatoms. The molecule has 2 nitrogen and oxygen atoms in total. The molecule has 2 aliphatic rings. The Labute approximate surface area is 97.4 Å². The van der Waals surface area contributed by atoms with Crippen LogP contribution in [0.15, 0.2) is 18.2 Å². The molecule has 0 spiro atoms. The van der Waals surface area contributed by atoms with Gasteiger partial charge in [0.1, 0.15) is 0 Å². The number of piperazine rings is 1. The second-order valence-electron chi connectivity index (χ2n) is 5.02. The van der Waals surface area contributed by atoms with Crippen molar-refractivity contribution in [3.63, 3.8) is 0 Å². The average Bonchev–Trinajstić information content (AvgIpc) is 2.77. The lowest BCUT2D eigenvalue weighted by atomic mass is 10.0. The van der Waals surface area contributed by atoms with Gasteiger partial charge in [-0.1, -0.05) is 18.2 Å². The highest BCUT2D eigenvalue weighted by molar-refractivity contribution is 5.35. The van der Waals surface area contributed by atoms with Crippen molar-refractivity contribution < 1.29 is 0 Å². The number of hydrogen-bond donors (Lipinski definition) is 2. The minimum Gasteiger partial charge on any atom is -0.314 e. The molecule has 3 rings (SSSR count). The zero-order valence-corrected chi connectivity index (χ0v) is 9.76. The second kappa shape index (κ2) is 4.56. The Kier molecular flexibility index (Phi) is 2.94. The maximum absolute atomic E-state index is 3.57. The summed E-state index contributed by atoms with van der Waals surface area (Å²) in [7, 11) is 0. The van der Waals surface area contributed by atoms with Crippen molar-refractivity contribution in [2.75, 3.05) is 19.6 Å². The first kappa shape index (κ1) is 10.3. The van der Waals surface area contributed by atoms with Gasteiger partial charge < -0.3 is 10.6 Å². The summed E-state index contributed by atoms with van der Waals surface area (Å²) in [4.78, 5) is 0. The van der Waals surface area contributed by atoms with Gasteiger partial charge in [0.05, 0.1) is 0 Å². The van der Waals surface area contributed by atoms with E-state index in [2.05, 4.69) is 28.8 Å². The molecule has 0 amide bonds. The number of benzene rings is 1. The second-order valence-corrected chi connectivity index (χ2v) is 5.02. The maximum Gasteiger partial charge on any atom is 0.0233 e. The lowest BCUT2D eigenvalue weighted by Crippen LogP contribution is -2.49. The van der Waals surface area contributed by atoms with Gasteiger partial charge in [-0.25, -0.2) is 0 Å². The quantitative estimate of drug-likeness (QED) is 0.778. The molecule has 1 atom stereocenters. The third-order valence-electron chi connectivity index (χ3n) is 3.77. The molecule has 1 aromatic carbocycles. The SMILES string of the molecule is c1cc2c(cc1CC1CNCCN1)CCC2. The van der Waals surface area contributed by atoms with Crippen molar-refractivity contribution in [2.45, 2.75) is 31.7 Å². The van der Waals surface area contributed by atoms with Crippen LogP contribution in [-0.2, 0) is 19.3 Å². The van der Waals surface area contributed by atoms with Crippen LogP contribution in [0, 0.1) is 0 Å². The van der Waals surface area contributed by atoms with E-state index in [0.717, 1.165) is 19.6 Å². The standard InChI is InChI=1S/C14H20N2/c1-2-12-5-4-11(8-13(12)3-1)9-14-10-15-6-7-16-14/h4-5,8,14-16H,1-3,6-7,9-10H2. The zero-order chi connectivity index (χ0) is 10.8. The lowest BCUT2D eigenvalue weighted by molar-refractivity contribution is 0.416. The maximum atomic E-state index is 3.57. The van der Waals surface area contributed by atoms with E-state index in [1.807, 2.05) is 0 Å². The molecular weight excluding hydrogens is 196 g/mol. The normalized spacial score (nSPS) is 24.4. The first-order valence-electron chi connectivity index (χ1n) is 6.46. The average molecular weight is 216 g/mol. The van der Waals surface area contributed by atoms with Gasteiger partial charge in [0, 0.05) is 25.7 Å². The topological polar surface area (TPSA) is 24.1 Å². The van der Waals surface area contributed by atoms with Crippen LogP contribution < -0.4 is 10.6 Å². The summed E-state index contributed by atoms with van der Waals surface area (Å²) in [5, 5.41) is 7.02. The first-order chi connectivity index (χ1) is 7.92. The van der Waals surface area contributed by atoms with E-state index < -0.39 is 0 Å². The van der Waals surface area contributed by atoms with Gasteiger partial charge in [-0.2, -0.15) is 0 Å². The molecule has 16 heavy (non-hydrogen) atoms. The van der Waals surface area contributed by atoms with Crippen LogP contribution in [0.3, 0.4) is 0 Å². The monoisotopic (exact) mass is 216 g/mol. The number of nitrogens with one attached hydrogen (secondary N) is 2. The predicted octanol–water partition coefficient (Wildman–Crippen LogP) is 1.28. The van der Waals surface area contributed by atoms with Gasteiger partial charge >= 0.3 is 0 Å². The number of hydrogen-bond acceptors (Lipinski definition) is 2. The molecule has 0 saturated carbocycles.